The molecule has 2 nitrogen and oxygen atoms in total. The number of imidazole rings is 1. The van der Waals surface area contributed by atoms with Crippen LogP contribution in [0.25, 0.3) is 0 Å². The molecule has 0 spiro atoms. The number of hydrogen-bond acceptors (Lipinski definition) is 1. The predicted octanol–water partition coefficient (Wildman–Crippen LogP) is 1.84. The third kappa shape index (κ3) is 1.81. The highest BCUT2D eigenvalue weighted by molar-refractivity contribution is 14.0. The molecule has 0 bridgehead atoms. The molecule has 1 N–H and O–H groups in total. The third-order valence-corrected chi connectivity index (χ3v) is 0.936. The zero-order chi connectivity index (χ0) is 5.11. The normalized spacial score (nSPS) is 8.12. The lowest BCUT2D eigenvalue weighted by Crippen LogP contribution is -1.73. The Hall–Kier alpha value is -0.0600. The number of halogens is 1. The molecule has 1 rings (SSSR count). The van der Waals surface area contributed by atoms with Gasteiger partial charge in [-0.2, -0.15) is 0 Å². The van der Waals surface area contributed by atoms with Crippen molar-refractivity contribution in [2.24, 2.45) is 0 Å². The minimum Gasteiger partial charge on any atom is -0.349 e. The van der Waals surface area contributed by atoms with Gasteiger partial charge in [-0.3, -0.25) is 0 Å². The van der Waals surface area contributed by atoms with E-state index in [-0.39, 0.29) is 25.4 Å². The van der Waals surface area contributed by atoms with Crippen LogP contribution in [-0.2, 0) is 6.42 Å². The Kier molecular flexibility index (Phi) is 3.85. The third-order valence-electron chi connectivity index (χ3n) is 0.936. The maximum absolute atomic E-state index is 3.84. The van der Waals surface area contributed by atoms with Crippen LogP contribution in [0.1, 0.15) is 14.0 Å². The van der Waals surface area contributed by atoms with E-state index in [9.17, 15) is 0 Å². The molecule has 0 fully saturated rings. The van der Waals surface area contributed by atoms with Crippen LogP contribution < -0.4 is 0 Å². The van der Waals surface area contributed by atoms with E-state index in [0.29, 0.717) is 0 Å². The Morgan fingerprint density at radius 3 is 2.88 bits per heavy atom. The molecule has 1 aromatic heterocycles. The lowest BCUT2D eigenvalue weighted by molar-refractivity contribution is 1.06. The number of H-pyrrole nitrogens is 1. The second-order valence-corrected chi connectivity index (χ2v) is 1.43. The van der Waals surface area contributed by atoms with Crippen LogP contribution in [0.5, 0.6) is 0 Å². The summed E-state index contributed by atoms with van der Waals surface area (Å²) in [5.41, 5.74) is 1.19. The first-order valence-electron chi connectivity index (χ1n) is 2.40. The van der Waals surface area contributed by atoms with E-state index in [1.165, 1.54) is 5.69 Å². The Balaban J connectivity index is 0. The minimum atomic E-state index is 0. The van der Waals surface area contributed by atoms with Crippen molar-refractivity contribution >= 4 is 24.0 Å². The summed E-state index contributed by atoms with van der Waals surface area (Å²) in [4.78, 5) is 6.81. The largest absolute Gasteiger partial charge is 0.349 e. The van der Waals surface area contributed by atoms with Crippen LogP contribution in [0.3, 0.4) is 0 Å². The minimum absolute atomic E-state index is 0. The first kappa shape index (κ1) is 7.94. The summed E-state index contributed by atoms with van der Waals surface area (Å²) < 4.78 is 0. The number of nitrogens with one attached hydrogen (secondary N) is 1. The highest BCUT2D eigenvalue weighted by Gasteiger charge is 1.82. The molecule has 8 heavy (non-hydrogen) atoms. The molecule has 0 unspecified atom stereocenters. The molecule has 0 saturated carbocycles. The molecule has 3 heteroatoms. The molecule has 0 aliphatic rings. The van der Waals surface area contributed by atoms with Crippen molar-refractivity contribution in [2.45, 2.75) is 13.3 Å². The van der Waals surface area contributed by atoms with E-state index in [4.69, 9.17) is 0 Å². The summed E-state index contributed by atoms with van der Waals surface area (Å²) in [5, 5.41) is 0. The summed E-state index contributed by atoms with van der Waals surface area (Å²) in [6.07, 6.45) is 4.57. The summed E-state index contributed by atoms with van der Waals surface area (Å²) in [6, 6.07) is 0. The summed E-state index contributed by atoms with van der Waals surface area (Å²) in [6.45, 7) is 2.09. The van der Waals surface area contributed by atoms with Crippen LogP contribution in [0.15, 0.2) is 12.5 Å². The van der Waals surface area contributed by atoms with Gasteiger partial charge in [0, 0.05) is 13.3 Å². The highest BCUT2D eigenvalue weighted by atomic mass is 127. The van der Waals surface area contributed by atoms with E-state index < -0.39 is 0 Å². The maximum Gasteiger partial charge on any atom is 0.0921 e. The van der Waals surface area contributed by atoms with Gasteiger partial charge in [0.2, 0.25) is 0 Å². The summed E-state index contributed by atoms with van der Waals surface area (Å²) in [7, 11) is 0. The lowest BCUT2D eigenvalue weighted by atomic mass is 10.4. The van der Waals surface area contributed by atoms with Gasteiger partial charge in [-0.25, -0.2) is 4.98 Å². The fourth-order valence-corrected chi connectivity index (χ4v) is 0.478. The summed E-state index contributed by atoms with van der Waals surface area (Å²) in [5.74, 6) is 0. The number of rotatable bonds is 1. The average Bonchev–Trinajstić information content (AvgIpc) is 2.14. The Morgan fingerprint density at radius 2 is 2.62 bits per heavy atom. The highest BCUT2D eigenvalue weighted by Crippen LogP contribution is 1.88. The van der Waals surface area contributed by atoms with Crippen LogP contribution in [0, 0.1) is 0 Å². The number of aryl methyl sites for hydroxylation is 1. The topological polar surface area (TPSA) is 28.7 Å². The molecule has 0 aliphatic carbocycles. The van der Waals surface area contributed by atoms with Crippen LogP contribution >= 0.6 is 24.0 Å². The fourth-order valence-electron chi connectivity index (χ4n) is 0.478. The van der Waals surface area contributed by atoms with Gasteiger partial charge in [0.05, 0.1) is 6.33 Å². The van der Waals surface area contributed by atoms with Gasteiger partial charge in [0.1, 0.15) is 0 Å². The van der Waals surface area contributed by atoms with E-state index in [2.05, 4.69) is 16.9 Å². The molecule has 0 amide bonds. The van der Waals surface area contributed by atoms with E-state index in [1.807, 2.05) is 6.20 Å². The zero-order valence-corrected chi connectivity index (χ0v) is 7.05. The van der Waals surface area contributed by atoms with Crippen LogP contribution in [0.4, 0.5) is 0 Å². The molecule has 0 saturated heterocycles. The SMILES string of the molecule is CCc1cnc[nH]1.I.[HH]. The molecule has 0 radical (unpaired) electrons. The molecule has 0 atom stereocenters. The van der Waals surface area contributed by atoms with Crippen LogP contribution in [-0.4, -0.2) is 9.97 Å². The Bertz CT molecular complexity index is 130. The first-order valence-corrected chi connectivity index (χ1v) is 2.40. The van der Waals surface area contributed by atoms with Crippen molar-refractivity contribution in [2.75, 3.05) is 0 Å². The van der Waals surface area contributed by atoms with Gasteiger partial charge in [-0.15, -0.1) is 24.0 Å². The average molecular weight is 226 g/mol. The van der Waals surface area contributed by atoms with Crippen molar-refractivity contribution in [3.05, 3.63) is 18.2 Å². The van der Waals surface area contributed by atoms with Crippen molar-refractivity contribution in [3.63, 3.8) is 0 Å². The van der Waals surface area contributed by atoms with Gasteiger partial charge in [0.15, 0.2) is 0 Å². The lowest BCUT2D eigenvalue weighted by Gasteiger charge is -1.79. The molecule has 0 aromatic carbocycles. The maximum atomic E-state index is 3.84. The molecular formula is C5H11IN2. The van der Waals surface area contributed by atoms with Gasteiger partial charge < -0.3 is 4.98 Å². The molecule has 1 heterocycles. The molecule has 0 aliphatic heterocycles. The zero-order valence-electron chi connectivity index (χ0n) is 4.72. The standard InChI is InChI=1S/C5H8N2.HI.H2/c1-2-5-3-6-4-7-5;;/h3-4H,2H2,1H3,(H,6,7);2*1H. The Morgan fingerprint density at radius 1 is 1.88 bits per heavy atom. The first-order chi connectivity index (χ1) is 3.43. The van der Waals surface area contributed by atoms with E-state index >= 15 is 0 Å². The van der Waals surface area contributed by atoms with Crippen molar-refractivity contribution in [3.8, 4) is 0 Å². The van der Waals surface area contributed by atoms with Gasteiger partial charge >= 0.3 is 0 Å². The van der Waals surface area contributed by atoms with Crippen molar-refractivity contribution in [1.82, 2.24) is 9.97 Å². The van der Waals surface area contributed by atoms with E-state index in [0.717, 1.165) is 6.42 Å². The van der Waals surface area contributed by atoms with E-state index in [1.54, 1.807) is 6.33 Å². The van der Waals surface area contributed by atoms with Crippen molar-refractivity contribution in [1.29, 1.82) is 0 Å². The van der Waals surface area contributed by atoms with Gasteiger partial charge in [-0.1, -0.05) is 6.92 Å². The van der Waals surface area contributed by atoms with Crippen LogP contribution in [0.2, 0.25) is 0 Å². The fraction of sp³-hybridized carbons (Fsp3) is 0.400. The monoisotopic (exact) mass is 226 g/mol. The number of aromatic amines is 1. The smallest absolute Gasteiger partial charge is 0.0921 e. The second kappa shape index (κ2) is 3.88. The van der Waals surface area contributed by atoms with Gasteiger partial charge in [0.25, 0.3) is 0 Å². The predicted molar refractivity (Wildman–Crippen MR) is 45.5 cm³/mol. The molecule has 1 aromatic rings. The summed E-state index contributed by atoms with van der Waals surface area (Å²) >= 11 is 0. The number of hydrogen-bond donors (Lipinski definition) is 1. The van der Waals surface area contributed by atoms with Crippen molar-refractivity contribution < 1.29 is 1.43 Å². The Labute approximate surface area is 67.2 Å². The molecular weight excluding hydrogens is 215 g/mol. The van der Waals surface area contributed by atoms with Gasteiger partial charge in [-0.05, 0) is 6.42 Å². The number of nitrogens with zero attached hydrogens (tertiary/aromatic N) is 1. The second-order valence-electron chi connectivity index (χ2n) is 1.43. The number of aromatic nitrogens is 2. The molecule has 48 valence electrons. The quantitative estimate of drug-likeness (QED) is 0.727.